The molecule has 1 atom stereocenters. The molecule has 0 aromatic carbocycles. The van der Waals surface area contributed by atoms with Gasteiger partial charge in [0.1, 0.15) is 5.76 Å². The normalized spacial score (nSPS) is 17.1. The summed E-state index contributed by atoms with van der Waals surface area (Å²) >= 11 is 0. The Bertz CT molecular complexity index is 371. The smallest absolute Gasteiger partial charge is 0.273 e. The predicted molar refractivity (Wildman–Crippen MR) is 56.9 cm³/mol. The Labute approximate surface area is 93.9 Å². The Balaban J connectivity index is 1.97. The molecule has 16 heavy (non-hydrogen) atoms. The number of aromatic nitrogens is 1. The van der Waals surface area contributed by atoms with E-state index in [2.05, 4.69) is 10.3 Å². The van der Waals surface area contributed by atoms with E-state index in [0.29, 0.717) is 23.8 Å². The first-order valence-corrected chi connectivity index (χ1v) is 5.54. The molecular weight excluding hydrogens is 208 g/mol. The van der Waals surface area contributed by atoms with Crippen LogP contribution in [-0.2, 0) is 0 Å². The van der Waals surface area contributed by atoms with Crippen LogP contribution in [-0.4, -0.2) is 28.6 Å². The number of carbonyl (C=O) groups is 1. The third-order valence-corrected chi connectivity index (χ3v) is 2.91. The Morgan fingerprint density at radius 1 is 1.75 bits per heavy atom. The molecule has 2 rings (SSSR count). The molecule has 1 heterocycles. The summed E-state index contributed by atoms with van der Waals surface area (Å²) in [5, 5.41) is 11.8. The van der Waals surface area contributed by atoms with E-state index in [1.165, 1.54) is 6.39 Å². The average molecular weight is 224 g/mol. The van der Waals surface area contributed by atoms with Gasteiger partial charge in [0, 0.05) is 12.6 Å². The molecule has 1 unspecified atom stereocenters. The summed E-state index contributed by atoms with van der Waals surface area (Å²) in [6.07, 6.45) is 4.13. The highest BCUT2D eigenvalue weighted by Crippen LogP contribution is 2.34. The fourth-order valence-electron chi connectivity index (χ4n) is 1.82. The van der Waals surface area contributed by atoms with E-state index < -0.39 is 0 Å². The van der Waals surface area contributed by atoms with Gasteiger partial charge >= 0.3 is 0 Å². The molecule has 2 N–H and O–H groups in total. The van der Waals surface area contributed by atoms with Crippen LogP contribution in [0.25, 0.3) is 0 Å². The zero-order valence-electron chi connectivity index (χ0n) is 9.27. The van der Waals surface area contributed by atoms with Crippen LogP contribution in [0.15, 0.2) is 10.8 Å². The first-order chi connectivity index (χ1) is 7.72. The molecule has 1 saturated carbocycles. The van der Waals surface area contributed by atoms with Crippen LogP contribution in [0.2, 0.25) is 0 Å². The summed E-state index contributed by atoms with van der Waals surface area (Å²) in [7, 11) is 0. The van der Waals surface area contributed by atoms with Crippen molar-refractivity contribution in [2.45, 2.75) is 32.2 Å². The first kappa shape index (κ1) is 11.1. The minimum Gasteiger partial charge on any atom is -0.448 e. The molecule has 0 aliphatic heterocycles. The SMILES string of the molecule is Cc1ocnc1C(=O)NC(CCO)C1CC1. The zero-order chi connectivity index (χ0) is 11.5. The number of aliphatic hydroxyl groups is 1. The maximum absolute atomic E-state index is 11.8. The van der Waals surface area contributed by atoms with E-state index >= 15 is 0 Å². The van der Waals surface area contributed by atoms with Gasteiger partial charge in [-0.15, -0.1) is 0 Å². The minimum atomic E-state index is -0.211. The number of oxazole rings is 1. The highest BCUT2D eigenvalue weighted by atomic mass is 16.3. The number of amides is 1. The third kappa shape index (κ3) is 2.41. The number of aliphatic hydroxyl groups excluding tert-OH is 1. The topological polar surface area (TPSA) is 75.4 Å². The van der Waals surface area contributed by atoms with Crippen molar-refractivity contribution in [3.8, 4) is 0 Å². The molecule has 5 heteroatoms. The Morgan fingerprint density at radius 2 is 2.50 bits per heavy atom. The number of carbonyl (C=O) groups excluding carboxylic acids is 1. The Morgan fingerprint density at radius 3 is 3.00 bits per heavy atom. The van der Waals surface area contributed by atoms with E-state index in [1.54, 1.807) is 6.92 Å². The quantitative estimate of drug-likeness (QED) is 0.778. The summed E-state index contributed by atoms with van der Waals surface area (Å²) in [6, 6.07) is 0.0635. The average Bonchev–Trinajstić information content (AvgIpc) is 3.00. The van der Waals surface area contributed by atoms with Gasteiger partial charge in [-0.05, 0) is 32.1 Å². The molecule has 1 fully saturated rings. The summed E-state index contributed by atoms with van der Waals surface area (Å²) in [5.41, 5.74) is 0.337. The zero-order valence-corrected chi connectivity index (χ0v) is 9.27. The molecule has 1 aromatic heterocycles. The van der Waals surface area contributed by atoms with Crippen molar-refractivity contribution >= 4 is 5.91 Å². The molecule has 0 saturated heterocycles. The summed E-state index contributed by atoms with van der Waals surface area (Å²) < 4.78 is 4.98. The Kier molecular flexibility index (Phi) is 3.24. The van der Waals surface area contributed by atoms with Gasteiger partial charge < -0.3 is 14.8 Å². The second-order valence-electron chi connectivity index (χ2n) is 4.19. The molecular formula is C11H16N2O3. The van der Waals surface area contributed by atoms with E-state index in [1.807, 2.05) is 0 Å². The van der Waals surface area contributed by atoms with Crippen molar-refractivity contribution < 1.29 is 14.3 Å². The van der Waals surface area contributed by atoms with E-state index in [0.717, 1.165) is 12.8 Å². The number of nitrogens with zero attached hydrogens (tertiary/aromatic N) is 1. The monoisotopic (exact) mass is 224 g/mol. The molecule has 1 aliphatic carbocycles. The molecule has 1 aromatic rings. The van der Waals surface area contributed by atoms with Crippen LogP contribution in [0, 0.1) is 12.8 Å². The minimum absolute atomic E-state index is 0.0635. The van der Waals surface area contributed by atoms with Crippen molar-refractivity contribution in [2.75, 3.05) is 6.61 Å². The van der Waals surface area contributed by atoms with Crippen molar-refractivity contribution in [2.24, 2.45) is 5.92 Å². The standard InChI is InChI=1S/C11H16N2O3/c1-7-10(12-6-16-7)11(15)13-9(4-5-14)8-2-3-8/h6,8-9,14H,2-5H2,1H3,(H,13,15). The van der Waals surface area contributed by atoms with Gasteiger partial charge in [-0.3, -0.25) is 4.79 Å². The predicted octanol–water partition coefficient (Wildman–Crippen LogP) is 0.874. The van der Waals surface area contributed by atoms with Crippen LogP contribution in [0.5, 0.6) is 0 Å². The number of rotatable bonds is 5. The van der Waals surface area contributed by atoms with Gasteiger partial charge in [-0.2, -0.15) is 0 Å². The van der Waals surface area contributed by atoms with Gasteiger partial charge in [0.25, 0.3) is 5.91 Å². The van der Waals surface area contributed by atoms with Crippen LogP contribution >= 0.6 is 0 Å². The van der Waals surface area contributed by atoms with Crippen LogP contribution in [0.4, 0.5) is 0 Å². The highest BCUT2D eigenvalue weighted by molar-refractivity contribution is 5.93. The molecule has 0 spiro atoms. The second-order valence-corrected chi connectivity index (χ2v) is 4.19. The molecule has 5 nitrogen and oxygen atoms in total. The Hall–Kier alpha value is -1.36. The summed E-state index contributed by atoms with van der Waals surface area (Å²) in [6.45, 7) is 1.80. The van der Waals surface area contributed by atoms with Gasteiger partial charge in [-0.1, -0.05) is 0 Å². The summed E-state index contributed by atoms with van der Waals surface area (Å²) in [5.74, 6) is 0.830. The van der Waals surface area contributed by atoms with Crippen LogP contribution < -0.4 is 5.32 Å². The lowest BCUT2D eigenvalue weighted by atomic mass is 10.1. The molecule has 0 bridgehead atoms. The fourth-order valence-corrected chi connectivity index (χ4v) is 1.82. The van der Waals surface area contributed by atoms with Crippen molar-refractivity contribution in [3.05, 3.63) is 17.8 Å². The lowest BCUT2D eigenvalue weighted by molar-refractivity contribution is 0.0918. The van der Waals surface area contributed by atoms with Crippen LogP contribution in [0.1, 0.15) is 35.5 Å². The third-order valence-electron chi connectivity index (χ3n) is 2.91. The van der Waals surface area contributed by atoms with Crippen LogP contribution in [0.3, 0.4) is 0 Å². The van der Waals surface area contributed by atoms with E-state index in [4.69, 9.17) is 9.52 Å². The second kappa shape index (κ2) is 4.65. The van der Waals surface area contributed by atoms with Crippen molar-refractivity contribution in [1.82, 2.24) is 10.3 Å². The van der Waals surface area contributed by atoms with Gasteiger partial charge in [0.05, 0.1) is 0 Å². The number of nitrogens with one attached hydrogen (secondary N) is 1. The molecule has 1 amide bonds. The number of hydrogen-bond acceptors (Lipinski definition) is 4. The molecule has 0 radical (unpaired) electrons. The van der Waals surface area contributed by atoms with E-state index in [9.17, 15) is 4.79 Å². The molecule has 88 valence electrons. The number of hydrogen-bond donors (Lipinski definition) is 2. The maximum Gasteiger partial charge on any atom is 0.273 e. The van der Waals surface area contributed by atoms with Crippen molar-refractivity contribution in [3.63, 3.8) is 0 Å². The lowest BCUT2D eigenvalue weighted by Gasteiger charge is -2.16. The van der Waals surface area contributed by atoms with E-state index in [-0.39, 0.29) is 18.6 Å². The van der Waals surface area contributed by atoms with Gasteiger partial charge in [0.2, 0.25) is 0 Å². The largest absolute Gasteiger partial charge is 0.448 e. The fraction of sp³-hybridized carbons (Fsp3) is 0.636. The highest BCUT2D eigenvalue weighted by Gasteiger charge is 2.32. The molecule has 1 aliphatic rings. The number of aryl methyl sites for hydroxylation is 1. The van der Waals surface area contributed by atoms with Crippen molar-refractivity contribution in [1.29, 1.82) is 0 Å². The summed E-state index contributed by atoms with van der Waals surface area (Å²) in [4.78, 5) is 15.7. The lowest BCUT2D eigenvalue weighted by Crippen LogP contribution is -2.37. The van der Waals surface area contributed by atoms with Gasteiger partial charge in [0.15, 0.2) is 12.1 Å². The van der Waals surface area contributed by atoms with Gasteiger partial charge in [-0.25, -0.2) is 4.98 Å². The first-order valence-electron chi connectivity index (χ1n) is 5.54. The maximum atomic E-state index is 11.8.